The van der Waals surface area contributed by atoms with Gasteiger partial charge in [-0.1, -0.05) is 17.7 Å². The van der Waals surface area contributed by atoms with Crippen LogP contribution < -0.4 is 15.6 Å². The predicted octanol–water partition coefficient (Wildman–Crippen LogP) is 7.51. The van der Waals surface area contributed by atoms with Crippen LogP contribution in [0, 0.1) is 24.5 Å². The number of nitrogens with one attached hydrogen (secondary N) is 2. The lowest BCUT2D eigenvalue weighted by Gasteiger charge is -2.24. The summed E-state index contributed by atoms with van der Waals surface area (Å²) in [6.07, 6.45) is -3.22. The van der Waals surface area contributed by atoms with E-state index < -0.39 is 112 Å². The van der Waals surface area contributed by atoms with E-state index in [9.17, 15) is 39.6 Å². The normalized spacial score (nSPS) is 16.9. The summed E-state index contributed by atoms with van der Waals surface area (Å²) in [5, 5.41) is 9.80. The van der Waals surface area contributed by atoms with Crippen LogP contribution in [0.1, 0.15) is 59.0 Å². The van der Waals surface area contributed by atoms with Crippen molar-refractivity contribution in [2.24, 2.45) is 5.92 Å². The van der Waals surface area contributed by atoms with E-state index in [0.29, 0.717) is 32.4 Å². The highest BCUT2D eigenvalue weighted by Gasteiger charge is 2.67. The van der Waals surface area contributed by atoms with Crippen molar-refractivity contribution in [1.29, 1.82) is 0 Å². The van der Waals surface area contributed by atoms with Gasteiger partial charge in [-0.15, -0.1) is 0 Å². The summed E-state index contributed by atoms with van der Waals surface area (Å²) in [6.45, 7) is -0.571. The third-order valence-corrected chi connectivity index (χ3v) is 12.0. The van der Waals surface area contributed by atoms with Crippen LogP contribution in [0.5, 0.6) is 0 Å². The number of hydrogen-bond donors (Lipinski definition) is 2. The number of amides is 1. The molecule has 0 saturated heterocycles. The lowest BCUT2D eigenvalue weighted by atomic mass is 10.0. The van der Waals surface area contributed by atoms with E-state index >= 15 is 13.6 Å². The molecular weight excluding hydrogens is 916 g/mol. The fourth-order valence-corrected chi connectivity index (χ4v) is 9.20. The van der Waals surface area contributed by atoms with Crippen LogP contribution in [-0.4, -0.2) is 66.1 Å². The molecule has 1 unspecified atom stereocenters. The van der Waals surface area contributed by atoms with Gasteiger partial charge in [0.05, 0.1) is 44.8 Å². The van der Waals surface area contributed by atoms with Gasteiger partial charge in [-0.2, -0.15) is 19.0 Å². The Morgan fingerprint density at radius 3 is 2.34 bits per heavy atom. The van der Waals surface area contributed by atoms with E-state index in [-0.39, 0.29) is 50.1 Å². The van der Waals surface area contributed by atoms with Crippen molar-refractivity contribution >= 4 is 55.2 Å². The van der Waals surface area contributed by atoms with Gasteiger partial charge in [-0.3, -0.25) is 28.2 Å². The largest absolute Gasteiger partial charge is 0.344 e. The van der Waals surface area contributed by atoms with Crippen LogP contribution in [0.25, 0.3) is 38.6 Å². The van der Waals surface area contributed by atoms with Crippen molar-refractivity contribution in [1.82, 2.24) is 44.4 Å². The van der Waals surface area contributed by atoms with E-state index in [4.69, 9.17) is 16.6 Å². The molecule has 4 heterocycles. The molecule has 2 N–H and O–H groups in total. The minimum absolute atomic E-state index is 0.0416. The van der Waals surface area contributed by atoms with Crippen molar-refractivity contribution in [3.63, 3.8) is 0 Å². The number of hydrogen-bond acceptors (Lipinski definition) is 9. The molecule has 14 nitrogen and oxygen atoms in total. The minimum Gasteiger partial charge on any atom is -0.344 e. The Hall–Kier alpha value is -6.49. The molecule has 3 atom stereocenters. The van der Waals surface area contributed by atoms with E-state index in [2.05, 4.69) is 30.2 Å². The number of alkyl halides is 6. The molecule has 7 aromatic rings. The molecule has 1 saturated carbocycles. The first kappa shape index (κ1) is 43.7. The quantitative estimate of drug-likeness (QED) is 0.111. The number of nitrogens with zero attached hydrogens (tertiary/aromatic N) is 8. The second-order valence-electron chi connectivity index (χ2n) is 15.7. The zero-order valence-corrected chi connectivity index (χ0v) is 35.1. The maximum Gasteiger partial charge on any atom is 0.293 e. The lowest BCUT2D eigenvalue weighted by molar-refractivity contribution is -0.123. The fourth-order valence-electron chi connectivity index (χ4n) is 8.47. The van der Waals surface area contributed by atoms with Gasteiger partial charge in [-0.05, 0) is 66.8 Å². The molecule has 1 fully saturated rings. The number of anilines is 1. The Labute approximate surface area is 366 Å². The van der Waals surface area contributed by atoms with E-state index in [1.807, 2.05) is 0 Å². The summed E-state index contributed by atoms with van der Waals surface area (Å²) in [5.41, 5.74) is -2.87. The van der Waals surface area contributed by atoms with E-state index in [1.54, 1.807) is 13.0 Å². The Kier molecular flexibility index (Phi) is 10.7. The summed E-state index contributed by atoms with van der Waals surface area (Å²) >= 11 is 6.57. The Morgan fingerprint density at radius 2 is 1.68 bits per heavy atom. The van der Waals surface area contributed by atoms with E-state index in [1.165, 1.54) is 36.7 Å². The third-order valence-electron chi connectivity index (χ3n) is 11.1. The highest BCUT2D eigenvalue weighted by Crippen LogP contribution is 2.68. The van der Waals surface area contributed by atoms with Gasteiger partial charge in [-0.25, -0.2) is 49.7 Å². The molecular formula is C41H31ClF8N10O4S. The number of rotatable bonds is 13. The standard InChI is InChI=1S/C41H31ClF8N10O4S/c1-17-51-13-20(14-52-17)19-3-4-23-27(10-19)54-39(60(40(23)62)29-6-5-26(42)33-35(29)58(15-30(45)46)56-38(33)57-65(2,63)64)28(9-18-7-21(43)11-22(44)8-18)53-31(61)16-59-36-32(34(55-59)37(47)48)24-12-25(24)41(36,49)50/h3-8,10-11,13-14,24-25,28,30,37H,9,12,15-16H2,1-2H3,(H,53,61)(H,56,57)/t24?,25-,28+/m1/s1. The van der Waals surface area contributed by atoms with Gasteiger partial charge >= 0.3 is 0 Å². The fraction of sp³-hybridized carbons (Fsp3) is 0.293. The Balaban J connectivity index is 1.28. The smallest absolute Gasteiger partial charge is 0.293 e. The highest BCUT2D eigenvalue weighted by molar-refractivity contribution is 7.92. The molecule has 4 aromatic heterocycles. The van der Waals surface area contributed by atoms with Gasteiger partial charge < -0.3 is 5.32 Å². The van der Waals surface area contributed by atoms with Gasteiger partial charge in [0.2, 0.25) is 15.9 Å². The first-order valence-electron chi connectivity index (χ1n) is 19.5. The number of benzene rings is 3. The SMILES string of the molecule is Cc1ncc(-c2ccc3c(=O)n(-c4ccc(Cl)c5c(NS(C)(=O)=O)nn(CC(F)F)c45)c([C@H](Cc4cc(F)cc(F)c4)NC(=O)Cn4nc(C(F)F)c5c4C(F)(F)[C@@H]4CC54)nc3c2)cn1. The van der Waals surface area contributed by atoms with Crippen LogP contribution >= 0.6 is 11.6 Å². The van der Waals surface area contributed by atoms with Crippen molar-refractivity contribution in [3.05, 3.63) is 122 Å². The average Bonchev–Trinajstić information content (AvgIpc) is 3.74. The van der Waals surface area contributed by atoms with Crippen molar-refractivity contribution < 1.29 is 48.3 Å². The van der Waals surface area contributed by atoms with Crippen LogP contribution in [0.3, 0.4) is 0 Å². The summed E-state index contributed by atoms with van der Waals surface area (Å²) < 4.78 is 147. The maximum atomic E-state index is 15.6. The molecule has 2 aliphatic carbocycles. The Morgan fingerprint density at radius 1 is 0.969 bits per heavy atom. The van der Waals surface area contributed by atoms with Gasteiger partial charge in [0.15, 0.2) is 5.82 Å². The number of carbonyl (C=O) groups is 1. The molecule has 0 bridgehead atoms. The minimum atomic E-state index is -4.13. The number of aryl methyl sites for hydroxylation is 1. The molecule has 0 radical (unpaired) electrons. The van der Waals surface area contributed by atoms with Crippen molar-refractivity contribution in [2.75, 3.05) is 11.0 Å². The first-order chi connectivity index (χ1) is 30.7. The first-order valence-corrected chi connectivity index (χ1v) is 21.8. The van der Waals surface area contributed by atoms with Crippen molar-refractivity contribution in [3.8, 4) is 16.8 Å². The third kappa shape index (κ3) is 8.03. The number of sulfonamides is 1. The Bertz CT molecular complexity index is 3250. The molecule has 3 aromatic carbocycles. The summed E-state index contributed by atoms with van der Waals surface area (Å²) in [7, 11) is -4.13. The molecule has 9 rings (SSSR count). The van der Waals surface area contributed by atoms with Crippen LogP contribution in [0.15, 0.2) is 65.7 Å². The van der Waals surface area contributed by atoms with Gasteiger partial charge in [0.1, 0.15) is 47.8 Å². The average molecular weight is 947 g/mol. The monoisotopic (exact) mass is 946 g/mol. The van der Waals surface area contributed by atoms with Crippen LogP contribution in [0.2, 0.25) is 5.02 Å². The summed E-state index contributed by atoms with van der Waals surface area (Å²) in [4.78, 5) is 42.4. The second-order valence-corrected chi connectivity index (χ2v) is 17.9. The summed E-state index contributed by atoms with van der Waals surface area (Å²) in [6, 6.07) is 7.53. The lowest BCUT2D eigenvalue weighted by Crippen LogP contribution is -2.38. The number of aromatic nitrogens is 8. The number of halogens is 9. The van der Waals surface area contributed by atoms with E-state index in [0.717, 1.165) is 23.0 Å². The maximum absolute atomic E-state index is 15.6. The van der Waals surface area contributed by atoms with Crippen LogP contribution in [-0.2, 0) is 40.3 Å². The zero-order chi connectivity index (χ0) is 46.4. The molecule has 24 heteroatoms. The molecule has 1 amide bonds. The van der Waals surface area contributed by atoms with Gasteiger partial charge in [0, 0.05) is 41.9 Å². The second kappa shape index (κ2) is 15.9. The summed E-state index contributed by atoms with van der Waals surface area (Å²) in [5.74, 6) is -9.47. The molecule has 0 spiro atoms. The molecule has 65 heavy (non-hydrogen) atoms. The molecule has 338 valence electrons. The zero-order valence-electron chi connectivity index (χ0n) is 33.5. The highest BCUT2D eigenvalue weighted by atomic mass is 35.5. The molecule has 2 aliphatic rings. The predicted molar refractivity (Wildman–Crippen MR) is 219 cm³/mol. The van der Waals surface area contributed by atoms with Crippen molar-refractivity contribution in [2.45, 2.75) is 63.6 Å². The number of carbonyl (C=O) groups excluding carboxylic acids is 1. The topological polar surface area (TPSA) is 172 Å². The van der Waals surface area contributed by atoms with Crippen LogP contribution in [0.4, 0.5) is 40.9 Å². The molecule has 0 aliphatic heterocycles. The number of fused-ring (bicyclic) bond motifs is 5. The van der Waals surface area contributed by atoms with Gasteiger partial charge in [0.25, 0.3) is 24.3 Å².